The summed E-state index contributed by atoms with van der Waals surface area (Å²) in [5.41, 5.74) is 3.98. The molecule has 1 aliphatic heterocycles. The number of aliphatic hydroxyl groups is 1. The summed E-state index contributed by atoms with van der Waals surface area (Å²) < 4.78 is 12.4. The molecule has 2 aliphatic rings. The molecule has 3 aromatic rings. The first-order chi connectivity index (χ1) is 16.1. The van der Waals surface area contributed by atoms with Gasteiger partial charge in [-0.1, -0.05) is 12.2 Å². The van der Waals surface area contributed by atoms with Gasteiger partial charge in [-0.3, -0.25) is 4.79 Å². The SMILES string of the molecule is [B]c1cnn2c(CCCCNC(=O)c3ccc4c(c3)OCO4)cc(C3=C(O)CCC=C3)nc12. The van der Waals surface area contributed by atoms with Crippen molar-refractivity contribution in [1.29, 1.82) is 0 Å². The summed E-state index contributed by atoms with van der Waals surface area (Å²) in [5, 5.41) is 17.6. The molecule has 2 radical (unpaired) electrons. The maximum absolute atomic E-state index is 12.4. The second-order valence-electron chi connectivity index (χ2n) is 8.05. The monoisotopic (exact) mass is 442 g/mol. The van der Waals surface area contributed by atoms with Gasteiger partial charge in [-0.05, 0) is 55.4 Å². The Kier molecular flexibility index (Phi) is 5.77. The van der Waals surface area contributed by atoms with E-state index in [0.717, 1.165) is 37.0 Å². The number of aliphatic hydroxyl groups excluding tert-OH is 1. The average Bonchev–Trinajstić information content (AvgIpc) is 3.45. The Morgan fingerprint density at radius 3 is 2.97 bits per heavy atom. The zero-order valence-corrected chi connectivity index (χ0v) is 18.1. The summed E-state index contributed by atoms with van der Waals surface area (Å²) in [6, 6.07) is 7.11. The average molecular weight is 442 g/mol. The van der Waals surface area contributed by atoms with Gasteiger partial charge < -0.3 is 19.9 Å². The Morgan fingerprint density at radius 1 is 1.21 bits per heavy atom. The number of rotatable bonds is 7. The minimum Gasteiger partial charge on any atom is -0.512 e. The lowest BCUT2D eigenvalue weighted by molar-refractivity contribution is 0.0952. The van der Waals surface area contributed by atoms with Crippen molar-refractivity contribution in [2.24, 2.45) is 0 Å². The van der Waals surface area contributed by atoms with Crippen LogP contribution in [0.25, 0.3) is 11.2 Å². The van der Waals surface area contributed by atoms with Crippen LogP contribution < -0.4 is 20.3 Å². The lowest BCUT2D eigenvalue weighted by Gasteiger charge is -2.13. The molecule has 0 fully saturated rings. The molecule has 1 amide bonds. The third-order valence-electron chi connectivity index (χ3n) is 5.77. The van der Waals surface area contributed by atoms with Crippen molar-refractivity contribution in [3.05, 3.63) is 65.3 Å². The Bertz CT molecular complexity index is 1280. The van der Waals surface area contributed by atoms with Crippen LogP contribution in [0.15, 0.2) is 48.4 Å². The van der Waals surface area contributed by atoms with Crippen molar-refractivity contribution in [1.82, 2.24) is 19.9 Å². The maximum Gasteiger partial charge on any atom is 0.251 e. The number of aryl methyl sites for hydroxylation is 1. The molecule has 0 atom stereocenters. The van der Waals surface area contributed by atoms with Crippen molar-refractivity contribution >= 4 is 30.4 Å². The van der Waals surface area contributed by atoms with Gasteiger partial charge >= 0.3 is 0 Å². The van der Waals surface area contributed by atoms with E-state index < -0.39 is 0 Å². The van der Waals surface area contributed by atoms with Gasteiger partial charge in [0.05, 0.1) is 5.69 Å². The van der Waals surface area contributed by atoms with Crippen LogP contribution in [-0.2, 0) is 6.42 Å². The van der Waals surface area contributed by atoms with Crippen molar-refractivity contribution in [2.45, 2.75) is 32.1 Å². The lowest BCUT2D eigenvalue weighted by atomic mass is 9.98. The molecule has 0 saturated heterocycles. The maximum atomic E-state index is 12.4. The van der Waals surface area contributed by atoms with Crippen LogP contribution in [0, 0.1) is 0 Å². The number of aromatic nitrogens is 3. The fourth-order valence-electron chi connectivity index (χ4n) is 4.02. The molecular weight excluding hydrogens is 419 g/mol. The number of ether oxygens (including phenoxy) is 2. The topological polar surface area (TPSA) is 98.0 Å². The third kappa shape index (κ3) is 4.31. The molecule has 0 unspecified atom stereocenters. The zero-order chi connectivity index (χ0) is 22.8. The highest BCUT2D eigenvalue weighted by molar-refractivity contribution is 6.36. The number of nitrogens with one attached hydrogen (secondary N) is 1. The number of unbranched alkanes of at least 4 members (excludes halogenated alkanes) is 1. The van der Waals surface area contributed by atoms with E-state index in [0.29, 0.717) is 52.6 Å². The standard InChI is InChI=1S/C24H23BN4O4/c25-18-13-27-29-16(12-19(28-23(18)29)17-6-1-2-7-20(17)30)5-3-4-10-26-24(31)15-8-9-21-22(11-15)33-14-32-21/h1,6,8-9,11-13,30H,2-5,7,10,14H2,(H,26,31). The third-order valence-corrected chi connectivity index (χ3v) is 5.77. The van der Waals surface area contributed by atoms with E-state index >= 15 is 0 Å². The van der Waals surface area contributed by atoms with Gasteiger partial charge in [0.2, 0.25) is 6.79 Å². The number of nitrogens with zero attached hydrogens (tertiary/aromatic N) is 3. The molecule has 1 aliphatic carbocycles. The minimum atomic E-state index is -0.145. The molecule has 0 saturated carbocycles. The summed E-state index contributed by atoms with van der Waals surface area (Å²) in [6.07, 6.45) is 9.30. The number of allylic oxidation sites excluding steroid dienone is 4. The van der Waals surface area contributed by atoms with Gasteiger partial charge in [0, 0.05) is 36.0 Å². The van der Waals surface area contributed by atoms with Crippen LogP contribution in [0.2, 0.25) is 0 Å². The highest BCUT2D eigenvalue weighted by Gasteiger charge is 2.17. The molecule has 0 bridgehead atoms. The lowest BCUT2D eigenvalue weighted by Crippen LogP contribution is -2.24. The van der Waals surface area contributed by atoms with Gasteiger partial charge in [0.1, 0.15) is 19.3 Å². The summed E-state index contributed by atoms with van der Waals surface area (Å²) in [4.78, 5) is 17.1. The van der Waals surface area contributed by atoms with E-state index in [-0.39, 0.29) is 12.7 Å². The molecule has 166 valence electrons. The fraction of sp³-hybridized carbons (Fsp3) is 0.292. The van der Waals surface area contributed by atoms with E-state index in [1.807, 2.05) is 18.2 Å². The Hall–Kier alpha value is -3.75. The number of fused-ring (bicyclic) bond motifs is 2. The van der Waals surface area contributed by atoms with Gasteiger partial charge in [-0.15, -0.1) is 0 Å². The van der Waals surface area contributed by atoms with E-state index in [9.17, 15) is 9.90 Å². The van der Waals surface area contributed by atoms with E-state index in [1.54, 1.807) is 28.9 Å². The second-order valence-corrected chi connectivity index (χ2v) is 8.05. The molecule has 33 heavy (non-hydrogen) atoms. The fourth-order valence-corrected chi connectivity index (χ4v) is 4.02. The predicted molar refractivity (Wildman–Crippen MR) is 124 cm³/mol. The molecule has 3 heterocycles. The number of carbonyl (C=O) groups excluding carboxylic acids is 1. The van der Waals surface area contributed by atoms with Crippen LogP contribution in [0.5, 0.6) is 11.5 Å². The molecular formula is C24H23BN4O4. The van der Waals surface area contributed by atoms with E-state index in [1.165, 1.54) is 0 Å². The van der Waals surface area contributed by atoms with E-state index in [4.69, 9.17) is 17.3 Å². The highest BCUT2D eigenvalue weighted by Crippen LogP contribution is 2.32. The van der Waals surface area contributed by atoms with Crippen molar-refractivity contribution < 1.29 is 19.4 Å². The predicted octanol–water partition coefficient (Wildman–Crippen LogP) is 2.62. The smallest absolute Gasteiger partial charge is 0.251 e. The number of amides is 1. The van der Waals surface area contributed by atoms with Gasteiger partial charge in [0.15, 0.2) is 11.5 Å². The Balaban J connectivity index is 1.22. The molecule has 0 spiro atoms. The number of hydrogen-bond acceptors (Lipinski definition) is 6. The first-order valence-corrected chi connectivity index (χ1v) is 11.0. The summed E-state index contributed by atoms with van der Waals surface area (Å²) >= 11 is 0. The summed E-state index contributed by atoms with van der Waals surface area (Å²) in [5.74, 6) is 1.44. The first kappa shape index (κ1) is 21.1. The largest absolute Gasteiger partial charge is 0.512 e. The summed E-state index contributed by atoms with van der Waals surface area (Å²) in [6.45, 7) is 0.726. The van der Waals surface area contributed by atoms with Crippen molar-refractivity contribution in [3.8, 4) is 11.5 Å². The van der Waals surface area contributed by atoms with E-state index in [2.05, 4.69) is 15.4 Å². The van der Waals surface area contributed by atoms with Crippen LogP contribution >= 0.6 is 0 Å². The Morgan fingerprint density at radius 2 is 2.09 bits per heavy atom. The van der Waals surface area contributed by atoms with Crippen molar-refractivity contribution in [2.75, 3.05) is 13.3 Å². The minimum absolute atomic E-state index is 0.145. The molecule has 2 N–H and O–H groups in total. The molecule has 5 rings (SSSR count). The van der Waals surface area contributed by atoms with Crippen LogP contribution in [0.4, 0.5) is 0 Å². The zero-order valence-electron chi connectivity index (χ0n) is 18.1. The van der Waals surface area contributed by atoms with Crippen LogP contribution in [0.3, 0.4) is 0 Å². The second kappa shape index (κ2) is 9.01. The summed E-state index contributed by atoms with van der Waals surface area (Å²) in [7, 11) is 6.07. The highest BCUT2D eigenvalue weighted by atomic mass is 16.7. The number of hydrogen-bond donors (Lipinski definition) is 2. The quantitative estimate of drug-likeness (QED) is 0.431. The molecule has 2 aromatic heterocycles. The molecule has 1 aromatic carbocycles. The van der Waals surface area contributed by atoms with Crippen molar-refractivity contribution in [3.63, 3.8) is 0 Å². The molecule has 9 heteroatoms. The Labute approximate surface area is 192 Å². The number of benzene rings is 1. The van der Waals surface area contributed by atoms with Gasteiger partial charge in [-0.25, -0.2) is 9.50 Å². The number of carbonyl (C=O) groups is 1. The van der Waals surface area contributed by atoms with Gasteiger partial charge in [0.25, 0.3) is 5.91 Å². The van der Waals surface area contributed by atoms with Gasteiger partial charge in [-0.2, -0.15) is 5.10 Å². The van der Waals surface area contributed by atoms with Crippen LogP contribution in [-0.4, -0.2) is 46.8 Å². The van der Waals surface area contributed by atoms with Crippen LogP contribution in [0.1, 0.15) is 47.4 Å². The molecule has 8 nitrogen and oxygen atoms in total. The first-order valence-electron chi connectivity index (χ1n) is 11.0. The normalized spacial score (nSPS) is 14.8.